The number of morpholine rings is 1. The summed E-state index contributed by atoms with van der Waals surface area (Å²) in [6.07, 6.45) is 3.05. The number of rotatable bonds is 2. The van der Waals surface area contributed by atoms with Crippen LogP contribution in [0, 0.1) is 12.8 Å². The third kappa shape index (κ3) is 2.40. The van der Waals surface area contributed by atoms with Crippen LogP contribution in [0.25, 0.3) is 0 Å². The molecule has 0 spiro atoms. The molecule has 1 aromatic heterocycles. The minimum atomic E-state index is 0.404. The van der Waals surface area contributed by atoms with E-state index in [-0.39, 0.29) is 0 Å². The van der Waals surface area contributed by atoms with Crippen molar-refractivity contribution in [1.82, 2.24) is 4.98 Å². The Bertz CT molecular complexity index is 420. The second-order valence-corrected chi connectivity index (χ2v) is 5.34. The molecule has 0 radical (unpaired) electrons. The molecule has 1 aromatic rings. The summed E-state index contributed by atoms with van der Waals surface area (Å²) in [4.78, 5) is 6.86. The zero-order chi connectivity index (χ0) is 11.8. The van der Waals surface area contributed by atoms with E-state index in [1.165, 1.54) is 12.8 Å². The first kappa shape index (κ1) is 11.3. The molecule has 0 aromatic carbocycles. The summed E-state index contributed by atoms with van der Waals surface area (Å²) < 4.78 is 5.81. The number of pyridine rings is 1. The molecule has 2 fully saturated rings. The summed E-state index contributed by atoms with van der Waals surface area (Å²) in [5.74, 6) is 1.81. The number of hydrogen-bond acceptors (Lipinski definition) is 3. The van der Waals surface area contributed by atoms with E-state index < -0.39 is 0 Å². The maximum atomic E-state index is 6.00. The molecule has 3 nitrogen and oxygen atoms in total. The van der Waals surface area contributed by atoms with Crippen LogP contribution in [0.4, 0.5) is 5.82 Å². The van der Waals surface area contributed by atoms with Crippen LogP contribution in [0.3, 0.4) is 0 Å². The minimum absolute atomic E-state index is 0.404. The van der Waals surface area contributed by atoms with E-state index in [9.17, 15) is 0 Å². The summed E-state index contributed by atoms with van der Waals surface area (Å²) in [7, 11) is 0. The fourth-order valence-corrected chi connectivity index (χ4v) is 2.45. The zero-order valence-corrected chi connectivity index (χ0v) is 10.8. The normalized spacial score (nSPS) is 25.1. The molecular formula is C13H17ClN2O. The number of hydrogen-bond donors (Lipinski definition) is 0. The van der Waals surface area contributed by atoms with Crippen LogP contribution in [0.15, 0.2) is 12.1 Å². The third-order valence-electron chi connectivity index (χ3n) is 3.57. The van der Waals surface area contributed by atoms with Crippen molar-refractivity contribution in [2.45, 2.75) is 25.9 Å². The van der Waals surface area contributed by atoms with Gasteiger partial charge in [-0.25, -0.2) is 4.98 Å². The van der Waals surface area contributed by atoms with Gasteiger partial charge < -0.3 is 9.64 Å². The molecule has 0 amide bonds. The van der Waals surface area contributed by atoms with E-state index in [1.807, 2.05) is 19.1 Å². The van der Waals surface area contributed by atoms with E-state index in [0.29, 0.717) is 6.10 Å². The molecule has 1 aliphatic carbocycles. The Labute approximate surface area is 107 Å². The maximum Gasteiger partial charge on any atom is 0.129 e. The van der Waals surface area contributed by atoms with Gasteiger partial charge in [-0.2, -0.15) is 0 Å². The molecule has 0 bridgehead atoms. The zero-order valence-electron chi connectivity index (χ0n) is 10.0. The number of aromatic nitrogens is 1. The lowest BCUT2D eigenvalue weighted by molar-refractivity contribution is 0.0261. The van der Waals surface area contributed by atoms with Gasteiger partial charge in [0.05, 0.1) is 23.4 Å². The van der Waals surface area contributed by atoms with Crippen molar-refractivity contribution < 1.29 is 4.74 Å². The monoisotopic (exact) mass is 252 g/mol. The number of ether oxygens (including phenoxy) is 1. The largest absolute Gasteiger partial charge is 0.374 e. The number of aryl methyl sites for hydroxylation is 1. The van der Waals surface area contributed by atoms with E-state index in [0.717, 1.165) is 42.1 Å². The van der Waals surface area contributed by atoms with Gasteiger partial charge in [0.15, 0.2) is 0 Å². The summed E-state index contributed by atoms with van der Waals surface area (Å²) in [5, 5.41) is 0.737. The highest BCUT2D eigenvalue weighted by Crippen LogP contribution is 2.36. The van der Waals surface area contributed by atoms with Crippen LogP contribution in [0.5, 0.6) is 0 Å². The molecule has 0 N–H and O–H groups in total. The summed E-state index contributed by atoms with van der Waals surface area (Å²) >= 11 is 6.00. The molecule has 1 unspecified atom stereocenters. The second-order valence-electron chi connectivity index (χ2n) is 4.93. The quantitative estimate of drug-likeness (QED) is 0.809. The highest BCUT2D eigenvalue weighted by Gasteiger charge is 2.35. The molecule has 92 valence electrons. The highest BCUT2D eigenvalue weighted by atomic mass is 35.5. The minimum Gasteiger partial charge on any atom is -0.374 e. The van der Waals surface area contributed by atoms with Gasteiger partial charge in [-0.05, 0) is 37.8 Å². The van der Waals surface area contributed by atoms with Crippen molar-refractivity contribution in [2.75, 3.05) is 24.6 Å². The molecular weight excluding hydrogens is 236 g/mol. The van der Waals surface area contributed by atoms with Crippen LogP contribution < -0.4 is 4.90 Å². The van der Waals surface area contributed by atoms with Gasteiger partial charge in [-0.15, -0.1) is 0 Å². The Morgan fingerprint density at radius 1 is 1.41 bits per heavy atom. The summed E-state index contributed by atoms with van der Waals surface area (Å²) in [6.45, 7) is 4.66. The van der Waals surface area contributed by atoms with E-state index in [4.69, 9.17) is 16.3 Å². The van der Waals surface area contributed by atoms with Crippen molar-refractivity contribution in [1.29, 1.82) is 0 Å². The van der Waals surface area contributed by atoms with Crippen LogP contribution in [-0.4, -0.2) is 30.8 Å². The van der Waals surface area contributed by atoms with Crippen LogP contribution in [0.1, 0.15) is 18.5 Å². The fourth-order valence-electron chi connectivity index (χ4n) is 2.34. The molecule has 17 heavy (non-hydrogen) atoms. The fraction of sp³-hybridized carbons (Fsp3) is 0.615. The lowest BCUT2D eigenvalue weighted by atomic mass is 10.2. The molecule has 2 heterocycles. The standard InChI is InChI=1S/C13H17ClN2O/c1-9-11(14)4-5-13(15-9)16-6-7-17-12(8-16)10-2-3-10/h4-5,10,12H,2-3,6-8H2,1H3. The molecule has 1 saturated heterocycles. The van der Waals surface area contributed by atoms with Crippen molar-refractivity contribution in [3.8, 4) is 0 Å². The highest BCUT2D eigenvalue weighted by molar-refractivity contribution is 6.31. The van der Waals surface area contributed by atoms with Crippen molar-refractivity contribution in [3.05, 3.63) is 22.8 Å². The lowest BCUT2D eigenvalue weighted by Crippen LogP contribution is -2.43. The van der Waals surface area contributed by atoms with Gasteiger partial charge >= 0.3 is 0 Å². The van der Waals surface area contributed by atoms with Gasteiger partial charge in [-0.3, -0.25) is 0 Å². The smallest absolute Gasteiger partial charge is 0.129 e. The van der Waals surface area contributed by atoms with Crippen LogP contribution in [-0.2, 0) is 4.74 Å². The van der Waals surface area contributed by atoms with Gasteiger partial charge in [0, 0.05) is 13.1 Å². The predicted molar refractivity (Wildman–Crippen MR) is 68.7 cm³/mol. The summed E-state index contributed by atoms with van der Waals surface area (Å²) in [6, 6.07) is 3.94. The first-order valence-electron chi connectivity index (χ1n) is 6.24. The van der Waals surface area contributed by atoms with E-state index >= 15 is 0 Å². The number of halogens is 1. The van der Waals surface area contributed by atoms with Crippen molar-refractivity contribution in [3.63, 3.8) is 0 Å². The molecule has 4 heteroatoms. The second kappa shape index (κ2) is 4.46. The number of nitrogens with zero attached hydrogens (tertiary/aromatic N) is 2. The molecule has 1 saturated carbocycles. The predicted octanol–water partition coefficient (Wildman–Crippen LogP) is 2.66. The summed E-state index contributed by atoms with van der Waals surface area (Å²) in [5.41, 5.74) is 0.902. The molecule has 3 rings (SSSR count). The average Bonchev–Trinajstić information content (AvgIpc) is 3.17. The maximum absolute atomic E-state index is 6.00. The average molecular weight is 253 g/mol. The van der Waals surface area contributed by atoms with Gasteiger partial charge in [0.2, 0.25) is 0 Å². The van der Waals surface area contributed by atoms with Crippen molar-refractivity contribution >= 4 is 17.4 Å². The van der Waals surface area contributed by atoms with Crippen LogP contribution in [0.2, 0.25) is 5.02 Å². The Morgan fingerprint density at radius 3 is 2.94 bits per heavy atom. The Hall–Kier alpha value is -0.800. The lowest BCUT2D eigenvalue weighted by Gasteiger charge is -2.34. The first-order valence-corrected chi connectivity index (χ1v) is 6.61. The van der Waals surface area contributed by atoms with E-state index in [2.05, 4.69) is 9.88 Å². The topological polar surface area (TPSA) is 25.4 Å². The SMILES string of the molecule is Cc1nc(N2CCOC(C3CC3)C2)ccc1Cl. The number of anilines is 1. The third-order valence-corrected chi connectivity index (χ3v) is 3.97. The Morgan fingerprint density at radius 2 is 2.24 bits per heavy atom. The van der Waals surface area contributed by atoms with Gasteiger partial charge in [0.25, 0.3) is 0 Å². The Balaban J connectivity index is 1.75. The molecule has 1 aliphatic heterocycles. The molecule has 2 aliphatic rings. The van der Waals surface area contributed by atoms with Gasteiger partial charge in [0.1, 0.15) is 5.82 Å². The van der Waals surface area contributed by atoms with E-state index in [1.54, 1.807) is 0 Å². The van der Waals surface area contributed by atoms with Gasteiger partial charge in [-0.1, -0.05) is 11.6 Å². The molecule has 1 atom stereocenters. The van der Waals surface area contributed by atoms with Crippen molar-refractivity contribution in [2.24, 2.45) is 5.92 Å². The Kier molecular flexibility index (Phi) is 2.97. The van der Waals surface area contributed by atoms with Crippen LogP contribution >= 0.6 is 11.6 Å². The first-order chi connectivity index (χ1) is 8.24.